The molecule has 2 N–H and O–H groups in total. The number of carbonyl (C=O) groups is 3. The standard InChI is InChI=1S/C24H28N2O6/c1-30-18-10-12-19(13-11-18)31-15-14-23(28)32-16-22(27)26-21-9-5-4-8-20(21)24(29)25-17-6-2-3-7-17/h4-5,8-13,17H,2-3,6-7,14-16H2,1H3,(H,25,29)(H,26,27). The van der Waals surface area contributed by atoms with Crippen molar-refractivity contribution in [3.8, 4) is 11.5 Å². The summed E-state index contributed by atoms with van der Waals surface area (Å²) in [5.41, 5.74) is 0.763. The fourth-order valence-electron chi connectivity index (χ4n) is 3.45. The molecule has 2 aromatic carbocycles. The Bertz CT molecular complexity index is 922. The Hall–Kier alpha value is -3.55. The van der Waals surface area contributed by atoms with Gasteiger partial charge in [-0.05, 0) is 49.2 Å². The van der Waals surface area contributed by atoms with E-state index in [0.717, 1.165) is 25.7 Å². The maximum Gasteiger partial charge on any atom is 0.309 e. The number of anilines is 1. The van der Waals surface area contributed by atoms with Crippen molar-refractivity contribution in [2.45, 2.75) is 38.1 Å². The molecule has 170 valence electrons. The number of rotatable bonds is 10. The van der Waals surface area contributed by atoms with Gasteiger partial charge in [-0.15, -0.1) is 0 Å². The number of methoxy groups -OCH3 is 1. The van der Waals surface area contributed by atoms with Crippen molar-refractivity contribution in [1.82, 2.24) is 5.32 Å². The van der Waals surface area contributed by atoms with Crippen molar-refractivity contribution >= 4 is 23.5 Å². The van der Waals surface area contributed by atoms with E-state index in [-0.39, 0.29) is 25.0 Å². The average molecular weight is 440 g/mol. The zero-order valence-corrected chi connectivity index (χ0v) is 18.1. The highest BCUT2D eigenvalue weighted by Crippen LogP contribution is 2.20. The third kappa shape index (κ3) is 7.01. The van der Waals surface area contributed by atoms with Crippen LogP contribution in [0.25, 0.3) is 0 Å². The van der Waals surface area contributed by atoms with Crippen LogP contribution in [0, 0.1) is 0 Å². The first-order valence-electron chi connectivity index (χ1n) is 10.7. The fraction of sp³-hybridized carbons (Fsp3) is 0.375. The largest absolute Gasteiger partial charge is 0.497 e. The van der Waals surface area contributed by atoms with Crippen LogP contribution in [0.3, 0.4) is 0 Å². The zero-order valence-electron chi connectivity index (χ0n) is 18.1. The molecule has 8 heteroatoms. The van der Waals surface area contributed by atoms with Gasteiger partial charge in [-0.2, -0.15) is 0 Å². The van der Waals surface area contributed by atoms with E-state index in [1.165, 1.54) is 0 Å². The number of ether oxygens (including phenoxy) is 3. The first-order chi connectivity index (χ1) is 15.5. The molecule has 0 bridgehead atoms. The monoisotopic (exact) mass is 440 g/mol. The van der Waals surface area contributed by atoms with Gasteiger partial charge in [0.2, 0.25) is 0 Å². The van der Waals surface area contributed by atoms with Crippen LogP contribution in [0.1, 0.15) is 42.5 Å². The summed E-state index contributed by atoms with van der Waals surface area (Å²) < 4.78 is 15.5. The number of para-hydroxylation sites is 1. The Morgan fingerprint density at radius 2 is 1.66 bits per heavy atom. The second-order valence-corrected chi connectivity index (χ2v) is 7.48. The molecule has 2 aromatic rings. The normalized spacial score (nSPS) is 13.3. The molecule has 0 saturated heterocycles. The molecule has 1 aliphatic carbocycles. The molecule has 0 radical (unpaired) electrons. The van der Waals surface area contributed by atoms with Gasteiger partial charge in [0.1, 0.15) is 11.5 Å². The molecule has 3 rings (SSSR count). The van der Waals surface area contributed by atoms with Gasteiger partial charge < -0.3 is 24.8 Å². The topological polar surface area (TPSA) is 103 Å². The Morgan fingerprint density at radius 1 is 0.969 bits per heavy atom. The molecule has 0 spiro atoms. The van der Waals surface area contributed by atoms with Crippen LogP contribution in [0.4, 0.5) is 5.69 Å². The van der Waals surface area contributed by atoms with Crippen LogP contribution >= 0.6 is 0 Å². The number of amides is 2. The van der Waals surface area contributed by atoms with Crippen molar-refractivity contribution in [2.24, 2.45) is 0 Å². The van der Waals surface area contributed by atoms with E-state index in [0.29, 0.717) is 22.7 Å². The maximum absolute atomic E-state index is 12.6. The molecule has 0 aromatic heterocycles. The van der Waals surface area contributed by atoms with Gasteiger partial charge in [-0.1, -0.05) is 25.0 Å². The Kier molecular flexibility index (Phi) is 8.48. The predicted molar refractivity (Wildman–Crippen MR) is 119 cm³/mol. The number of hydrogen-bond acceptors (Lipinski definition) is 6. The van der Waals surface area contributed by atoms with Crippen LogP contribution in [-0.4, -0.2) is 44.1 Å². The van der Waals surface area contributed by atoms with Crippen LogP contribution in [0.5, 0.6) is 11.5 Å². The Labute approximate surface area is 187 Å². The van der Waals surface area contributed by atoms with Crippen molar-refractivity contribution < 1.29 is 28.6 Å². The minimum absolute atomic E-state index is 0.000307. The van der Waals surface area contributed by atoms with Crippen molar-refractivity contribution in [1.29, 1.82) is 0 Å². The molecule has 0 aliphatic heterocycles. The minimum atomic E-state index is -0.555. The number of hydrogen-bond donors (Lipinski definition) is 2. The van der Waals surface area contributed by atoms with Crippen LogP contribution in [0.15, 0.2) is 48.5 Å². The Balaban J connectivity index is 1.41. The number of benzene rings is 2. The van der Waals surface area contributed by atoms with E-state index in [1.807, 2.05) is 0 Å². The molecule has 8 nitrogen and oxygen atoms in total. The Morgan fingerprint density at radius 3 is 2.38 bits per heavy atom. The van der Waals surface area contributed by atoms with Crippen LogP contribution in [0.2, 0.25) is 0 Å². The molecule has 0 heterocycles. The average Bonchev–Trinajstić information content (AvgIpc) is 3.31. The third-order valence-electron chi connectivity index (χ3n) is 5.13. The second kappa shape index (κ2) is 11.7. The van der Waals surface area contributed by atoms with Gasteiger partial charge in [0.15, 0.2) is 6.61 Å². The molecule has 1 saturated carbocycles. The highest BCUT2D eigenvalue weighted by molar-refractivity contribution is 6.04. The van der Waals surface area contributed by atoms with Crippen LogP contribution < -0.4 is 20.1 Å². The number of carbonyl (C=O) groups excluding carboxylic acids is 3. The molecule has 1 fully saturated rings. The summed E-state index contributed by atoms with van der Waals surface area (Å²) >= 11 is 0. The summed E-state index contributed by atoms with van der Waals surface area (Å²) in [5, 5.41) is 5.65. The highest BCUT2D eigenvalue weighted by Gasteiger charge is 2.20. The fourth-order valence-corrected chi connectivity index (χ4v) is 3.45. The second-order valence-electron chi connectivity index (χ2n) is 7.48. The lowest BCUT2D eigenvalue weighted by Gasteiger charge is -2.15. The molecular formula is C24H28N2O6. The molecule has 0 atom stereocenters. The van der Waals surface area contributed by atoms with Crippen molar-refractivity contribution in [3.63, 3.8) is 0 Å². The molecule has 2 amide bonds. The lowest BCUT2D eigenvalue weighted by molar-refractivity contribution is -0.147. The third-order valence-corrected chi connectivity index (χ3v) is 5.13. The van der Waals surface area contributed by atoms with Crippen molar-refractivity contribution in [3.05, 3.63) is 54.1 Å². The summed E-state index contributed by atoms with van der Waals surface area (Å²) in [6.45, 7) is -0.323. The first kappa shape index (κ1) is 23.1. The summed E-state index contributed by atoms with van der Waals surface area (Å²) in [6, 6.07) is 13.9. The van der Waals surface area contributed by atoms with Gasteiger partial charge >= 0.3 is 5.97 Å². The van der Waals surface area contributed by atoms with E-state index in [1.54, 1.807) is 55.6 Å². The molecule has 1 aliphatic rings. The number of nitrogens with one attached hydrogen (secondary N) is 2. The lowest BCUT2D eigenvalue weighted by Crippen LogP contribution is -2.33. The summed E-state index contributed by atoms with van der Waals surface area (Å²) in [5.74, 6) is 0.0149. The quantitative estimate of drug-likeness (QED) is 0.550. The minimum Gasteiger partial charge on any atom is -0.497 e. The predicted octanol–water partition coefficient (Wildman–Crippen LogP) is 3.32. The SMILES string of the molecule is COc1ccc(OCCC(=O)OCC(=O)Nc2ccccc2C(=O)NC2CCCC2)cc1. The van der Waals surface area contributed by atoms with E-state index < -0.39 is 18.5 Å². The van der Waals surface area contributed by atoms with Gasteiger partial charge in [-0.25, -0.2) is 0 Å². The van der Waals surface area contributed by atoms with E-state index in [9.17, 15) is 14.4 Å². The van der Waals surface area contributed by atoms with E-state index >= 15 is 0 Å². The number of esters is 1. The summed E-state index contributed by atoms with van der Waals surface area (Å²) in [4.78, 5) is 36.7. The molecular weight excluding hydrogens is 412 g/mol. The van der Waals surface area contributed by atoms with Gasteiger partial charge in [0.25, 0.3) is 11.8 Å². The van der Waals surface area contributed by atoms with E-state index in [2.05, 4.69) is 10.6 Å². The zero-order chi connectivity index (χ0) is 22.8. The van der Waals surface area contributed by atoms with Gasteiger partial charge in [-0.3, -0.25) is 14.4 Å². The first-order valence-corrected chi connectivity index (χ1v) is 10.7. The van der Waals surface area contributed by atoms with Gasteiger partial charge in [0.05, 0.1) is 31.4 Å². The van der Waals surface area contributed by atoms with Crippen molar-refractivity contribution in [2.75, 3.05) is 25.6 Å². The molecule has 0 unspecified atom stereocenters. The molecule has 32 heavy (non-hydrogen) atoms. The lowest BCUT2D eigenvalue weighted by atomic mass is 10.1. The van der Waals surface area contributed by atoms with E-state index in [4.69, 9.17) is 14.2 Å². The highest BCUT2D eigenvalue weighted by atomic mass is 16.5. The summed E-state index contributed by atoms with van der Waals surface area (Å²) in [6.07, 6.45) is 4.16. The summed E-state index contributed by atoms with van der Waals surface area (Å²) in [7, 11) is 1.58. The van der Waals surface area contributed by atoms with Gasteiger partial charge in [0, 0.05) is 6.04 Å². The maximum atomic E-state index is 12.6. The van der Waals surface area contributed by atoms with Crippen LogP contribution in [-0.2, 0) is 14.3 Å². The smallest absolute Gasteiger partial charge is 0.309 e.